The Morgan fingerprint density at radius 3 is 2.11 bits per heavy atom. The molecule has 2 heterocycles. The summed E-state index contributed by atoms with van der Waals surface area (Å²) in [6.45, 7) is 5.81. The summed E-state index contributed by atoms with van der Waals surface area (Å²) in [6.07, 6.45) is 1.36. The maximum Gasteiger partial charge on any atom is 0.282 e. The lowest BCUT2D eigenvalue weighted by Crippen LogP contribution is -2.54. The molecule has 2 unspecified atom stereocenters. The van der Waals surface area contributed by atoms with Crippen molar-refractivity contribution in [3.05, 3.63) is 0 Å². The van der Waals surface area contributed by atoms with E-state index in [0.29, 0.717) is 26.2 Å². The van der Waals surface area contributed by atoms with Gasteiger partial charge in [0, 0.05) is 32.8 Å². The van der Waals surface area contributed by atoms with Crippen LogP contribution in [0.4, 0.5) is 0 Å². The number of aliphatic hydroxyl groups excluding tert-OH is 1. The maximum atomic E-state index is 12.6. The maximum absolute atomic E-state index is 12.6. The monoisotopic (exact) mass is 292 g/mol. The molecule has 2 atom stereocenters. The van der Waals surface area contributed by atoms with Gasteiger partial charge in [-0.3, -0.25) is 0 Å². The van der Waals surface area contributed by atoms with Crippen LogP contribution in [-0.2, 0) is 14.9 Å². The standard InChI is InChI=1S/C12H24N2O4S/c1-10-7-14(8-11(2)18-10)19(16,17)13-5-3-12(9-15)4-6-13/h10-12,15H,3-9H2,1-2H3. The molecule has 0 aromatic rings. The minimum Gasteiger partial charge on any atom is -0.396 e. The lowest BCUT2D eigenvalue weighted by Gasteiger charge is -2.39. The van der Waals surface area contributed by atoms with Crippen LogP contribution in [0.2, 0.25) is 0 Å². The Kier molecular flexibility index (Phi) is 4.84. The predicted molar refractivity (Wildman–Crippen MR) is 71.9 cm³/mol. The second-order valence-electron chi connectivity index (χ2n) is 5.61. The van der Waals surface area contributed by atoms with Gasteiger partial charge in [-0.05, 0) is 32.6 Å². The number of hydrogen-bond acceptors (Lipinski definition) is 4. The molecule has 2 saturated heterocycles. The third-order valence-electron chi connectivity index (χ3n) is 3.87. The molecule has 0 bridgehead atoms. The third kappa shape index (κ3) is 3.46. The Hall–Kier alpha value is -0.210. The van der Waals surface area contributed by atoms with Crippen LogP contribution in [0, 0.1) is 5.92 Å². The van der Waals surface area contributed by atoms with E-state index in [2.05, 4.69) is 0 Å². The van der Waals surface area contributed by atoms with E-state index < -0.39 is 10.2 Å². The van der Waals surface area contributed by atoms with Gasteiger partial charge in [0.05, 0.1) is 12.2 Å². The van der Waals surface area contributed by atoms with E-state index >= 15 is 0 Å². The molecule has 0 amide bonds. The van der Waals surface area contributed by atoms with Crippen molar-refractivity contribution in [3.63, 3.8) is 0 Å². The van der Waals surface area contributed by atoms with Crippen molar-refractivity contribution in [1.82, 2.24) is 8.61 Å². The average Bonchev–Trinajstić information content (AvgIpc) is 2.37. The van der Waals surface area contributed by atoms with Gasteiger partial charge < -0.3 is 9.84 Å². The zero-order valence-electron chi connectivity index (χ0n) is 11.7. The highest BCUT2D eigenvalue weighted by Gasteiger charge is 2.36. The van der Waals surface area contributed by atoms with Crippen molar-refractivity contribution in [2.75, 3.05) is 32.8 Å². The molecule has 0 aromatic carbocycles. The number of aliphatic hydroxyl groups is 1. The van der Waals surface area contributed by atoms with Gasteiger partial charge in [0.2, 0.25) is 0 Å². The van der Waals surface area contributed by atoms with Gasteiger partial charge >= 0.3 is 0 Å². The van der Waals surface area contributed by atoms with Crippen LogP contribution < -0.4 is 0 Å². The molecule has 0 radical (unpaired) electrons. The summed E-state index contributed by atoms with van der Waals surface area (Å²) in [5.74, 6) is 0.244. The van der Waals surface area contributed by atoms with Gasteiger partial charge in [-0.2, -0.15) is 17.0 Å². The van der Waals surface area contributed by atoms with Gasteiger partial charge in [0.1, 0.15) is 0 Å². The highest BCUT2D eigenvalue weighted by Crippen LogP contribution is 2.23. The van der Waals surface area contributed by atoms with E-state index in [9.17, 15) is 8.42 Å². The van der Waals surface area contributed by atoms with E-state index in [0.717, 1.165) is 12.8 Å². The van der Waals surface area contributed by atoms with Gasteiger partial charge in [0.25, 0.3) is 10.2 Å². The third-order valence-corrected chi connectivity index (χ3v) is 5.84. The molecule has 2 rings (SSSR count). The summed E-state index contributed by atoms with van der Waals surface area (Å²) >= 11 is 0. The molecule has 2 aliphatic heterocycles. The Morgan fingerprint density at radius 1 is 1.11 bits per heavy atom. The molecule has 6 nitrogen and oxygen atoms in total. The highest BCUT2D eigenvalue weighted by atomic mass is 32.2. The zero-order valence-corrected chi connectivity index (χ0v) is 12.5. The second kappa shape index (κ2) is 6.05. The lowest BCUT2D eigenvalue weighted by atomic mass is 10.00. The van der Waals surface area contributed by atoms with Gasteiger partial charge in [-0.15, -0.1) is 0 Å². The first kappa shape index (κ1) is 15.2. The first-order valence-corrected chi connectivity index (χ1v) is 8.34. The number of ether oxygens (including phenoxy) is 1. The fraction of sp³-hybridized carbons (Fsp3) is 1.00. The predicted octanol–water partition coefficient (Wildman–Crippen LogP) is 0.0447. The minimum absolute atomic E-state index is 0.0616. The molecule has 19 heavy (non-hydrogen) atoms. The van der Waals surface area contributed by atoms with Crippen molar-refractivity contribution < 1.29 is 18.3 Å². The summed E-state index contributed by atoms with van der Waals surface area (Å²) in [7, 11) is -3.38. The van der Waals surface area contributed by atoms with Crippen LogP contribution in [0.25, 0.3) is 0 Å². The fourth-order valence-electron chi connectivity index (χ4n) is 2.80. The SMILES string of the molecule is CC1CN(S(=O)(=O)N2CCC(CO)CC2)CC(C)O1. The van der Waals surface area contributed by atoms with Crippen LogP contribution in [0.5, 0.6) is 0 Å². The molecule has 2 fully saturated rings. The first-order chi connectivity index (χ1) is 8.93. The molecule has 2 aliphatic rings. The Balaban J connectivity index is 2.02. The molecule has 0 spiro atoms. The van der Waals surface area contributed by atoms with Gasteiger partial charge in [0.15, 0.2) is 0 Å². The number of piperidine rings is 1. The molecule has 1 N–H and O–H groups in total. The van der Waals surface area contributed by atoms with Gasteiger partial charge in [-0.1, -0.05) is 0 Å². The summed E-state index contributed by atoms with van der Waals surface area (Å²) < 4.78 is 33.8. The number of rotatable bonds is 3. The van der Waals surface area contributed by atoms with E-state index in [1.807, 2.05) is 13.8 Å². The average molecular weight is 292 g/mol. The van der Waals surface area contributed by atoms with Crippen LogP contribution in [0.3, 0.4) is 0 Å². The van der Waals surface area contributed by atoms with Crippen LogP contribution in [-0.4, -0.2) is 67.1 Å². The molecule has 0 aliphatic carbocycles. The molecule has 0 saturated carbocycles. The second-order valence-corrected chi connectivity index (χ2v) is 7.54. The van der Waals surface area contributed by atoms with Crippen LogP contribution in [0.1, 0.15) is 26.7 Å². The molecular weight excluding hydrogens is 268 g/mol. The first-order valence-electron chi connectivity index (χ1n) is 6.95. The number of morpholine rings is 1. The highest BCUT2D eigenvalue weighted by molar-refractivity contribution is 7.86. The summed E-state index contributed by atoms with van der Waals surface area (Å²) in [6, 6.07) is 0. The fourth-order valence-corrected chi connectivity index (χ4v) is 4.60. The Bertz CT molecular complexity index is 383. The summed E-state index contributed by atoms with van der Waals surface area (Å²) in [5, 5.41) is 9.10. The largest absolute Gasteiger partial charge is 0.396 e. The number of nitrogens with zero attached hydrogens (tertiary/aromatic N) is 2. The smallest absolute Gasteiger partial charge is 0.282 e. The zero-order chi connectivity index (χ0) is 14.0. The molecule has 0 aromatic heterocycles. The van der Waals surface area contributed by atoms with Crippen molar-refractivity contribution in [1.29, 1.82) is 0 Å². The van der Waals surface area contributed by atoms with E-state index in [1.165, 1.54) is 4.31 Å². The Labute approximate surface area is 115 Å². The normalized spacial score (nSPS) is 32.6. The molecule has 112 valence electrons. The van der Waals surface area contributed by atoms with Crippen LogP contribution >= 0.6 is 0 Å². The summed E-state index contributed by atoms with van der Waals surface area (Å²) in [4.78, 5) is 0. The number of hydrogen-bond donors (Lipinski definition) is 1. The quantitative estimate of drug-likeness (QED) is 0.797. The minimum atomic E-state index is -3.38. The van der Waals surface area contributed by atoms with Crippen molar-refractivity contribution in [3.8, 4) is 0 Å². The van der Waals surface area contributed by atoms with E-state index in [1.54, 1.807) is 4.31 Å². The van der Waals surface area contributed by atoms with Crippen LogP contribution in [0.15, 0.2) is 0 Å². The van der Waals surface area contributed by atoms with Gasteiger partial charge in [-0.25, -0.2) is 0 Å². The van der Waals surface area contributed by atoms with E-state index in [4.69, 9.17) is 9.84 Å². The molecular formula is C12H24N2O4S. The van der Waals surface area contributed by atoms with Crippen molar-refractivity contribution in [2.45, 2.75) is 38.9 Å². The van der Waals surface area contributed by atoms with Crippen molar-refractivity contribution >= 4 is 10.2 Å². The van der Waals surface area contributed by atoms with E-state index in [-0.39, 0.29) is 24.7 Å². The topological polar surface area (TPSA) is 70.1 Å². The summed E-state index contributed by atoms with van der Waals surface area (Å²) in [5.41, 5.74) is 0. The van der Waals surface area contributed by atoms with Crippen molar-refractivity contribution in [2.24, 2.45) is 5.92 Å². The lowest BCUT2D eigenvalue weighted by molar-refractivity contribution is -0.0457. The molecule has 7 heteroatoms. The Morgan fingerprint density at radius 2 is 1.63 bits per heavy atom.